The second kappa shape index (κ2) is 11.1. The number of anilines is 3. The number of imidazole rings is 2. The minimum absolute atomic E-state index is 0.120. The van der Waals surface area contributed by atoms with E-state index in [2.05, 4.69) is 179 Å². The third kappa shape index (κ3) is 4.34. The van der Waals surface area contributed by atoms with Gasteiger partial charge in [-0.15, -0.1) is 0 Å². The number of furan rings is 1. The molecule has 0 amide bonds. The molecule has 3 heterocycles. The summed E-state index contributed by atoms with van der Waals surface area (Å²) in [6, 6.07) is 60.5. The minimum atomic E-state index is -0.120. The van der Waals surface area contributed by atoms with E-state index >= 15 is 0 Å². The van der Waals surface area contributed by atoms with E-state index in [1.165, 1.54) is 33.4 Å². The van der Waals surface area contributed by atoms with Crippen LogP contribution in [-0.4, -0.2) is 14.0 Å². The summed E-state index contributed by atoms with van der Waals surface area (Å²) in [5.41, 5.74) is 16.4. The molecule has 0 saturated heterocycles. The molecule has 0 radical (unpaired) electrons. The van der Waals surface area contributed by atoms with Gasteiger partial charge in [0.1, 0.15) is 11.1 Å². The molecule has 10 aromatic rings. The predicted molar refractivity (Wildman–Crippen MR) is 217 cm³/mol. The van der Waals surface area contributed by atoms with Crippen LogP contribution in [0.1, 0.15) is 25.0 Å². The summed E-state index contributed by atoms with van der Waals surface area (Å²) in [5.74, 6) is 0.818. The third-order valence-electron chi connectivity index (χ3n) is 11.1. The van der Waals surface area contributed by atoms with E-state index < -0.39 is 0 Å². The van der Waals surface area contributed by atoms with E-state index in [1.54, 1.807) is 0 Å². The van der Waals surface area contributed by atoms with Gasteiger partial charge in [0.25, 0.3) is 0 Å². The zero-order valence-electron chi connectivity index (χ0n) is 29.4. The zero-order chi connectivity index (χ0) is 35.3. The highest BCUT2D eigenvalue weighted by Gasteiger charge is 2.36. The van der Waals surface area contributed by atoms with Crippen LogP contribution in [0, 0.1) is 0 Å². The van der Waals surface area contributed by atoms with Crippen LogP contribution in [-0.2, 0) is 5.41 Å². The van der Waals surface area contributed by atoms with E-state index in [9.17, 15) is 0 Å². The number of fused-ring (bicyclic) bond motifs is 10. The van der Waals surface area contributed by atoms with Crippen molar-refractivity contribution in [2.45, 2.75) is 19.3 Å². The Bertz CT molecular complexity index is 3020. The normalized spacial score (nSPS) is 13.2. The highest BCUT2D eigenvalue weighted by Crippen LogP contribution is 2.51. The summed E-state index contributed by atoms with van der Waals surface area (Å²) in [7, 11) is 0. The maximum absolute atomic E-state index is 6.52. The third-order valence-corrected chi connectivity index (χ3v) is 11.1. The number of benzene rings is 7. The fraction of sp³-hybridized carbons (Fsp3) is 0.0625. The minimum Gasteiger partial charge on any atom is -0.437 e. The summed E-state index contributed by atoms with van der Waals surface area (Å²) in [6.45, 7) is 4.68. The van der Waals surface area contributed by atoms with E-state index in [0.717, 1.165) is 61.8 Å². The quantitative estimate of drug-likeness (QED) is 0.181. The molecule has 1 aliphatic carbocycles. The van der Waals surface area contributed by atoms with Gasteiger partial charge in [-0.1, -0.05) is 117 Å². The standard InChI is InChI=1S/C48H34N4O/c1-48(2)40-19-11-9-17-37(40)38-27-25-35(29-41(38)48)50(34-23-21-32(22-24-34)31-13-5-3-6-14-31)36-26-28-43-42(30-36)49-47-51(33-15-7-4-8-16-33)46-45(52(43)47)39-18-10-12-20-44(39)53-46/h3-30H,1-2H3. The topological polar surface area (TPSA) is 38.6 Å². The monoisotopic (exact) mass is 682 g/mol. The molecule has 252 valence electrons. The molecule has 1 aliphatic rings. The van der Waals surface area contributed by atoms with Gasteiger partial charge in [-0.2, -0.15) is 0 Å². The van der Waals surface area contributed by atoms with Gasteiger partial charge in [0.2, 0.25) is 11.5 Å². The van der Waals surface area contributed by atoms with Gasteiger partial charge in [-0.05, 0) is 100 Å². The predicted octanol–water partition coefficient (Wildman–Crippen LogP) is 12.6. The summed E-state index contributed by atoms with van der Waals surface area (Å²) >= 11 is 0. The van der Waals surface area contributed by atoms with E-state index in [1.807, 2.05) is 18.2 Å². The lowest BCUT2D eigenvalue weighted by molar-refractivity contribution is 0.645. The zero-order valence-corrected chi connectivity index (χ0v) is 29.4. The largest absolute Gasteiger partial charge is 0.437 e. The average molecular weight is 683 g/mol. The van der Waals surface area contributed by atoms with E-state index in [-0.39, 0.29) is 5.41 Å². The fourth-order valence-electron chi connectivity index (χ4n) is 8.56. The molecule has 5 heteroatoms. The second-order valence-corrected chi connectivity index (χ2v) is 14.5. The van der Waals surface area contributed by atoms with Crippen LogP contribution < -0.4 is 4.90 Å². The second-order valence-electron chi connectivity index (χ2n) is 14.5. The number of rotatable bonds is 5. The molecule has 0 saturated carbocycles. The molecule has 0 spiro atoms. The Morgan fingerprint density at radius 3 is 2.04 bits per heavy atom. The molecule has 5 nitrogen and oxygen atoms in total. The highest BCUT2D eigenvalue weighted by atomic mass is 16.3. The van der Waals surface area contributed by atoms with Crippen LogP contribution in [0.3, 0.4) is 0 Å². The molecule has 53 heavy (non-hydrogen) atoms. The summed E-state index contributed by atoms with van der Waals surface area (Å²) in [4.78, 5) is 7.71. The van der Waals surface area contributed by atoms with Crippen LogP contribution in [0.2, 0.25) is 0 Å². The maximum atomic E-state index is 6.52. The Labute approximate surface area is 306 Å². The van der Waals surface area contributed by atoms with E-state index in [0.29, 0.717) is 0 Å². The number of para-hydroxylation sites is 2. The van der Waals surface area contributed by atoms with Crippen molar-refractivity contribution < 1.29 is 4.42 Å². The molecule has 0 N–H and O–H groups in total. The SMILES string of the molecule is CC1(C)c2ccccc2-c2ccc(N(c3ccc(-c4ccccc4)cc3)c3ccc4c(c3)nc3n(-c5ccccc5)c5oc6ccccc6c5n43)cc21. The fourth-order valence-corrected chi connectivity index (χ4v) is 8.56. The molecule has 0 atom stereocenters. The van der Waals surface area contributed by atoms with Crippen molar-refractivity contribution in [3.05, 3.63) is 181 Å². The van der Waals surface area contributed by atoms with Gasteiger partial charge in [0, 0.05) is 27.9 Å². The molecule has 7 aromatic carbocycles. The van der Waals surface area contributed by atoms with Crippen LogP contribution in [0.5, 0.6) is 0 Å². The Kier molecular flexibility index (Phi) is 6.23. The van der Waals surface area contributed by atoms with Gasteiger partial charge < -0.3 is 9.32 Å². The van der Waals surface area contributed by atoms with Crippen LogP contribution in [0.4, 0.5) is 17.1 Å². The van der Waals surface area contributed by atoms with Gasteiger partial charge in [0.15, 0.2) is 0 Å². The Balaban J connectivity index is 1.13. The molecular weight excluding hydrogens is 649 g/mol. The molecular formula is C48H34N4O. The lowest BCUT2D eigenvalue weighted by Crippen LogP contribution is -2.16. The van der Waals surface area contributed by atoms with Crippen molar-refractivity contribution in [3.63, 3.8) is 0 Å². The lowest BCUT2D eigenvalue weighted by atomic mass is 9.82. The Hall–Kier alpha value is -6.85. The number of aromatic nitrogens is 3. The average Bonchev–Trinajstić information content (AvgIpc) is 3.91. The maximum Gasteiger partial charge on any atom is 0.232 e. The van der Waals surface area contributed by atoms with Gasteiger partial charge >= 0.3 is 0 Å². The Morgan fingerprint density at radius 1 is 0.566 bits per heavy atom. The smallest absolute Gasteiger partial charge is 0.232 e. The van der Waals surface area contributed by atoms with Crippen molar-refractivity contribution in [1.82, 2.24) is 14.0 Å². The highest BCUT2D eigenvalue weighted by molar-refractivity contribution is 6.06. The number of nitrogens with zero attached hydrogens (tertiary/aromatic N) is 4. The first-order valence-electron chi connectivity index (χ1n) is 18.1. The molecule has 0 fully saturated rings. The molecule has 0 unspecified atom stereocenters. The van der Waals surface area contributed by atoms with Crippen LogP contribution in [0.25, 0.3) is 67.0 Å². The first kappa shape index (κ1) is 29.8. The number of hydrogen-bond acceptors (Lipinski definition) is 3. The van der Waals surface area contributed by atoms with E-state index in [4.69, 9.17) is 9.40 Å². The summed E-state index contributed by atoms with van der Waals surface area (Å²) < 4.78 is 10.9. The molecule has 0 bridgehead atoms. The lowest BCUT2D eigenvalue weighted by Gasteiger charge is -2.28. The van der Waals surface area contributed by atoms with Crippen molar-refractivity contribution in [1.29, 1.82) is 0 Å². The van der Waals surface area contributed by atoms with Crippen molar-refractivity contribution in [3.8, 4) is 27.9 Å². The van der Waals surface area contributed by atoms with Crippen LogP contribution >= 0.6 is 0 Å². The first-order chi connectivity index (χ1) is 26.0. The molecule has 3 aromatic heterocycles. The van der Waals surface area contributed by atoms with Gasteiger partial charge in [-0.25, -0.2) is 9.55 Å². The molecule has 11 rings (SSSR count). The number of hydrogen-bond donors (Lipinski definition) is 0. The molecule has 0 aliphatic heterocycles. The first-order valence-corrected chi connectivity index (χ1v) is 18.1. The van der Waals surface area contributed by atoms with Crippen LogP contribution in [0.15, 0.2) is 174 Å². The Morgan fingerprint density at radius 2 is 1.21 bits per heavy atom. The van der Waals surface area contributed by atoms with Crippen molar-refractivity contribution in [2.75, 3.05) is 4.90 Å². The van der Waals surface area contributed by atoms with Gasteiger partial charge in [0.05, 0.1) is 16.7 Å². The van der Waals surface area contributed by atoms with Crippen molar-refractivity contribution >= 4 is 56.1 Å². The van der Waals surface area contributed by atoms with Crippen molar-refractivity contribution in [2.24, 2.45) is 0 Å². The summed E-state index contributed by atoms with van der Waals surface area (Å²) in [5, 5.41) is 1.06. The summed E-state index contributed by atoms with van der Waals surface area (Å²) in [6.07, 6.45) is 0. The van der Waals surface area contributed by atoms with Gasteiger partial charge in [-0.3, -0.25) is 4.40 Å².